The predicted molar refractivity (Wildman–Crippen MR) is 61.3 cm³/mol. The van der Waals surface area contributed by atoms with Crippen molar-refractivity contribution in [3.63, 3.8) is 0 Å². The van der Waals surface area contributed by atoms with Gasteiger partial charge >= 0.3 is 5.97 Å². The van der Waals surface area contributed by atoms with Crippen molar-refractivity contribution in [2.75, 3.05) is 0 Å². The van der Waals surface area contributed by atoms with Crippen LogP contribution >= 0.6 is 0 Å². The largest absolute Gasteiger partial charge is 0.356 e. The highest BCUT2D eigenvalue weighted by molar-refractivity contribution is 5.68. The Balaban J connectivity index is 1.97. The van der Waals surface area contributed by atoms with Gasteiger partial charge in [0.2, 0.25) is 5.82 Å². The number of benzene rings is 1. The summed E-state index contributed by atoms with van der Waals surface area (Å²) in [5, 5.41) is 11.9. The SMILES string of the molecule is NNOC(=O)CCn1nnc(-c2ccccc2)n1. The van der Waals surface area contributed by atoms with Gasteiger partial charge in [-0.25, -0.2) is 5.84 Å². The van der Waals surface area contributed by atoms with E-state index >= 15 is 0 Å². The fraction of sp³-hybridized carbons (Fsp3) is 0.200. The van der Waals surface area contributed by atoms with Crippen molar-refractivity contribution < 1.29 is 9.63 Å². The summed E-state index contributed by atoms with van der Waals surface area (Å²) in [5.41, 5.74) is 2.69. The van der Waals surface area contributed by atoms with Crippen molar-refractivity contribution in [2.45, 2.75) is 13.0 Å². The number of carbonyl (C=O) groups excluding carboxylic acids is 1. The van der Waals surface area contributed by atoms with Crippen LogP contribution in [-0.2, 0) is 16.2 Å². The summed E-state index contributed by atoms with van der Waals surface area (Å²) in [4.78, 5) is 16.7. The van der Waals surface area contributed by atoms with Gasteiger partial charge in [0.05, 0.1) is 13.0 Å². The number of tetrazole rings is 1. The van der Waals surface area contributed by atoms with E-state index in [0.717, 1.165) is 5.56 Å². The number of hydrazine groups is 1. The molecule has 0 aliphatic rings. The lowest BCUT2D eigenvalue weighted by Crippen LogP contribution is -2.26. The molecule has 2 rings (SSSR count). The number of nitrogens with zero attached hydrogens (tertiary/aromatic N) is 4. The highest BCUT2D eigenvalue weighted by Gasteiger charge is 2.07. The van der Waals surface area contributed by atoms with Gasteiger partial charge in [-0.05, 0) is 5.21 Å². The average Bonchev–Trinajstić information content (AvgIpc) is 2.87. The van der Waals surface area contributed by atoms with E-state index < -0.39 is 5.97 Å². The Morgan fingerprint density at radius 1 is 1.39 bits per heavy atom. The first-order valence-electron chi connectivity index (χ1n) is 5.28. The summed E-state index contributed by atoms with van der Waals surface area (Å²) < 4.78 is 0. The second-order valence-corrected chi connectivity index (χ2v) is 3.42. The van der Waals surface area contributed by atoms with Crippen molar-refractivity contribution in [3.05, 3.63) is 30.3 Å². The number of nitrogens with one attached hydrogen (secondary N) is 1. The Morgan fingerprint density at radius 3 is 2.89 bits per heavy atom. The van der Waals surface area contributed by atoms with E-state index in [1.807, 2.05) is 35.9 Å². The zero-order valence-corrected chi connectivity index (χ0v) is 9.48. The average molecular weight is 248 g/mol. The summed E-state index contributed by atoms with van der Waals surface area (Å²) in [6.45, 7) is 0.278. The van der Waals surface area contributed by atoms with E-state index in [9.17, 15) is 4.79 Å². The molecule has 1 aromatic carbocycles. The first-order valence-corrected chi connectivity index (χ1v) is 5.28. The first kappa shape index (κ1) is 12.1. The quantitative estimate of drug-likeness (QED) is 0.550. The molecule has 1 aromatic heterocycles. The van der Waals surface area contributed by atoms with Gasteiger partial charge in [0.1, 0.15) is 0 Å². The van der Waals surface area contributed by atoms with E-state index in [2.05, 4.69) is 20.2 Å². The van der Waals surface area contributed by atoms with E-state index in [4.69, 9.17) is 5.84 Å². The number of nitrogens with two attached hydrogens (primary N) is 1. The van der Waals surface area contributed by atoms with Gasteiger partial charge in [-0.15, -0.1) is 10.2 Å². The van der Waals surface area contributed by atoms with Gasteiger partial charge < -0.3 is 4.84 Å². The summed E-state index contributed by atoms with van der Waals surface area (Å²) in [5.74, 6) is 4.86. The Bertz CT molecular complexity index is 512. The molecule has 8 heteroatoms. The lowest BCUT2D eigenvalue weighted by atomic mass is 10.2. The molecule has 0 fully saturated rings. The van der Waals surface area contributed by atoms with E-state index in [-0.39, 0.29) is 13.0 Å². The normalized spacial score (nSPS) is 10.3. The third-order valence-corrected chi connectivity index (χ3v) is 2.17. The van der Waals surface area contributed by atoms with Gasteiger partial charge in [-0.1, -0.05) is 35.9 Å². The predicted octanol–water partition coefficient (Wildman–Crippen LogP) is -0.348. The molecule has 0 unspecified atom stereocenters. The smallest absolute Gasteiger partial charge is 0.328 e. The number of carbonyl (C=O) groups is 1. The fourth-order valence-electron chi connectivity index (χ4n) is 1.35. The minimum absolute atomic E-state index is 0.106. The van der Waals surface area contributed by atoms with Crippen LogP contribution in [0, 0.1) is 0 Å². The summed E-state index contributed by atoms with van der Waals surface area (Å²) in [7, 11) is 0. The lowest BCUT2D eigenvalue weighted by Gasteiger charge is -1.99. The van der Waals surface area contributed by atoms with Crippen molar-refractivity contribution in [3.8, 4) is 11.4 Å². The molecule has 94 valence electrons. The third-order valence-electron chi connectivity index (χ3n) is 2.17. The van der Waals surface area contributed by atoms with Crippen molar-refractivity contribution in [1.29, 1.82) is 0 Å². The molecule has 0 saturated heterocycles. The molecule has 1 heterocycles. The molecular weight excluding hydrogens is 236 g/mol. The van der Waals surface area contributed by atoms with Crippen LogP contribution in [0.15, 0.2) is 30.3 Å². The summed E-state index contributed by atoms with van der Waals surface area (Å²) in [6, 6.07) is 9.45. The summed E-state index contributed by atoms with van der Waals surface area (Å²) >= 11 is 0. The molecular formula is C10H12N6O2. The standard InChI is InChI=1S/C10H12N6O2/c11-14-18-9(17)6-7-16-13-10(12-15-16)8-4-2-1-3-5-8/h1-5,14H,6-7,11H2. The first-order chi connectivity index (χ1) is 8.79. The molecule has 0 spiro atoms. The molecule has 0 aliphatic carbocycles. The molecule has 2 aromatic rings. The Kier molecular flexibility index (Phi) is 3.94. The number of hydrogen-bond donors (Lipinski definition) is 2. The Hall–Kier alpha value is -2.32. The highest BCUT2D eigenvalue weighted by Crippen LogP contribution is 2.11. The van der Waals surface area contributed by atoms with Crippen LogP contribution in [0.1, 0.15) is 6.42 Å². The minimum atomic E-state index is -0.490. The number of aryl methyl sites for hydroxylation is 1. The number of rotatable bonds is 5. The Labute approximate surface area is 103 Å². The molecule has 0 aliphatic heterocycles. The zero-order valence-electron chi connectivity index (χ0n) is 9.48. The van der Waals surface area contributed by atoms with Gasteiger partial charge in [-0.3, -0.25) is 4.79 Å². The fourth-order valence-corrected chi connectivity index (χ4v) is 1.35. The van der Waals surface area contributed by atoms with Crippen LogP contribution in [-0.4, -0.2) is 26.2 Å². The second-order valence-electron chi connectivity index (χ2n) is 3.42. The van der Waals surface area contributed by atoms with E-state index in [1.165, 1.54) is 4.80 Å². The maximum Gasteiger partial charge on any atom is 0.328 e. The molecule has 0 atom stereocenters. The van der Waals surface area contributed by atoms with E-state index in [1.54, 1.807) is 0 Å². The van der Waals surface area contributed by atoms with Gasteiger partial charge in [0.25, 0.3) is 0 Å². The van der Waals surface area contributed by atoms with Crippen LogP contribution in [0.25, 0.3) is 11.4 Å². The molecule has 18 heavy (non-hydrogen) atoms. The highest BCUT2D eigenvalue weighted by atomic mass is 16.7. The van der Waals surface area contributed by atoms with Crippen LogP contribution in [0.3, 0.4) is 0 Å². The lowest BCUT2D eigenvalue weighted by molar-refractivity contribution is -0.151. The summed E-state index contributed by atoms with van der Waals surface area (Å²) in [6.07, 6.45) is 0.106. The van der Waals surface area contributed by atoms with Crippen molar-refractivity contribution in [1.82, 2.24) is 25.8 Å². The molecule has 0 bridgehead atoms. The molecule has 0 radical (unpaired) electrons. The number of hydrogen-bond acceptors (Lipinski definition) is 7. The molecule has 3 N–H and O–H groups in total. The second kappa shape index (κ2) is 5.84. The molecule has 0 amide bonds. The van der Waals surface area contributed by atoms with Crippen LogP contribution in [0.5, 0.6) is 0 Å². The van der Waals surface area contributed by atoms with Crippen molar-refractivity contribution >= 4 is 5.97 Å². The van der Waals surface area contributed by atoms with Gasteiger partial charge in [0.15, 0.2) is 0 Å². The zero-order chi connectivity index (χ0) is 12.8. The van der Waals surface area contributed by atoms with E-state index in [0.29, 0.717) is 5.82 Å². The van der Waals surface area contributed by atoms with Crippen molar-refractivity contribution in [2.24, 2.45) is 5.84 Å². The topological polar surface area (TPSA) is 108 Å². The maximum atomic E-state index is 11.0. The Morgan fingerprint density at radius 2 is 2.17 bits per heavy atom. The monoisotopic (exact) mass is 248 g/mol. The maximum absolute atomic E-state index is 11.0. The third kappa shape index (κ3) is 3.09. The van der Waals surface area contributed by atoms with Gasteiger partial charge in [-0.2, -0.15) is 4.80 Å². The molecule has 0 saturated carbocycles. The van der Waals surface area contributed by atoms with Crippen LogP contribution < -0.4 is 11.4 Å². The van der Waals surface area contributed by atoms with Crippen LogP contribution in [0.2, 0.25) is 0 Å². The minimum Gasteiger partial charge on any atom is -0.356 e. The number of aromatic nitrogens is 4. The van der Waals surface area contributed by atoms with Crippen LogP contribution in [0.4, 0.5) is 0 Å². The molecule has 8 nitrogen and oxygen atoms in total. The van der Waals surface area contributed by atoms with Gasteiger partial charge in [0, 0.05) is 5.56 Å².